The van der Waals surface area contributed by atoms with Crippen LogP contribution in [-0.4, -0.2) is 37.1 Å². The molecule has 4 heteroatoms. The van der Waals surface area contributed by atoms with Gasteiger partial charge in [-0.15, -0.1) is 0 Å². The summed E-state index contributed by atoms with van der Waals surface area (Å²) >= 11 is 0. The molecule has 0 bridgehead atoms. The maximum atomic E-state index is 4.84. The third-order valence-electron chi connectivity index (χ3n) is 0.850. The van der Waals surface area contributed by atoms with Crippen LogP contribution in [0.3, 0.4) is 0 Å². The van der Waals surface area contributed by atoms with E-state index in [4.69, 9.17) is 14.2 Å². The molecule has 0 spiro atoms. The number of ether oxygens (including phenoxy) is 3. The topological polar surface area (TPSA) is 27.7 Å². The Morgan fingerprint density at radius 1 is 1.30 bits per heavy atom. The first-order valence-corrected chi connectivity index (χ1v) is 4.14. The summed E-state index contributed by atoms with van der Waals surface area (Å²) in [6.45, 7) is 0. The fraction of sp³-hybridized carbons (Fsp3) is 0.667. The largest absolute Gasteiger partial charge is 0.469 e. The van der Waals surface area contributed by atoms with Crippen LogP contribution in [0.4, 0.5) is 0 Å². The Hall–Kier alpha value is -0.483. The Balaban J connectivity index is 3.43. The van der Waals surface area contributed by atoms with Gasteiger partial charge in [0.2, 0.25) is 0 Å². The summed E-state index contributed by atoms with van der Waals surface area (Å²) in [7, 11) is 5.41. The van der Waals surface area contributed by atoms with Gasteiger partial charge in [0, 0.05) is 13.3 Å². The van der Waals surface area contributed by atoms with Gasteiger partial charge in [0.15, 0.2) is 0 Å². The summed E-state index contributed by atoms with van der Waals surface area (Å²) in [5, 5.41) is 0. The van der Waals surface area contributed by atoms with E-state index in [1.54, 1.807) is 21.3 Å². The van der Waals surface area contributed by atoms with E-state index in [0.717, 1.165) is 6.23 Å². The van der Waals surface area contributed by atoms with Gasteiger partial charge in [0.25, 0.3) is 5.95 Å². The molecule has 58 valence electrons. The van der Waals surface area contributed by atoms with Gasteiger partial charge in [-0.1, -0.05) is 0 Å². The maximum Gasteiger partial charge on any atom is 0.269 e. The molecule has 2 radical (unpaired) electrons. The first kappa shape index (κ1) is 9.52. The lowest BCUT2D eigenvalue weighted by Gasteiger charge is -2.01. The van der Waals surface area contributed by atoms with E-state index in [-0.39, 0.29) is 0 Å². The lowest BCUT2D eigenvalue weighted by atomic mass is 11.0. The quantitative estimate of drug-likeness (QED) is 0.331. The van der Waals surface area contributed by atoms with Crippen LogP contribution >= 0.6 is 0 Å². The maximum absolute atomic E-state index is 4.84. The van der Waals surface area contributed by atoms with Crippen molar-refractivity contribution in [3.8, 4) is 0 Å². The van der Waals surface area contributed by atoms with Gasteiger partial charge in [-0.3, -0.25) is 0 Å². The lowest BCUT2D eigenvalue weighted by molar-refractivity contribution is 0.0962. The molecule has 0 unspecified atom stereocenters. The van der Waals surface area contributed by atoms with Crippen molar-refractivity contribution in [2.75, 3.05) is 27.6 Å². The molecule has 0 aliphatic carbocycles. The number of hydrogen-bond acceptors (Lipinski definition) is 3. The van der Waals surface area contributed by atoms with Gasteiger partial charge in [-0.05, 0) is 5.70 Å². The predicted octanol–water partition coefficient (Wildman–Crippen LogP) is 0.386. The number of methoxy groups -OCH3 is 3. The molecule has 0 aliphatic rings. The van der Waals surface area contributed by atoms with E-state index in [1.807, 2.05) is 5.70 Å². The van der Waals surface area contributed by atoms with Gasteiger partial charge in [0.1, 0.15) is 9.52 Å². The Kier molecular flexibility index (Phi) is 6.31. The van der Waals surface area contributed by atoms with Crippen LogP contribution in [-0.2, 0) is 14.2 Å². The zero-order valence-corrected chi connectivity index (χ0v) is 7.51. The van der Waals surface area contributed by atoms with Gasteiger partial charge in [-0.2, -0.15) is 0 Å². The smallest absolute Gasteiger partial charge is 0.269 e. The van der Waals surface area contributed by atoms with Crippen molar-refractivity contribution in [2.45, 2.75) is 0 Å². The fourth-order valence-corrected chi connectivity index (χ4v) is 1.06. The minimum absolute atomic E-state index is 0.551. The molecule has 0 heterocycles. The molecule has 0 fully saturated rings. The average molecular weight is 160 g/mol. The van der Waals surface area contributed by atoms with E-state index in [2.05, 4.69) is 0 Å². The van der Waals surface area contributed by atoms with Crippen molar-refractivity contribution < 1.29 is 14.2 Å². The molecular weight excluding hydrogens is 148 g/mol. The lowest BCUT2D eigenvalue weighted by Crippen LogP contribution is -2.00. The van der Waals surface area contributed by atoms with Crippen molar-refractivity contribution >= 4 is 9.52 Å². The Bertz CT molecular complexity index is 97.2. The Morgan fingerprint density at radius 2 is 1.90 bits per heavy atom. The molecule has 0 aliphatic heterocycles. The highest BCUT2D eigenvalue weighted by Crippen LogP contribution is 1.92. The predicted molar refractivity (Wildman–Crippen MR) is 39.7 cm³/mol. The Morgan fingerprint density at radius 3 is 2.30 bits per heavy atom. The minimum Gasteiger partial charge on any atom is -0.469 e. The van der Waals surface area contributed by atoms with Crippen LogP contribution in [0.25, 0.3) is 0 Å². The molecule has 0 aromatic heterocycles. The van der Waals surface area contributed by atoms with Gasteiger partial charge in [-0.25, -0.2) is 0 Å². The zero-order chi connectivity index (χ0) is 7.82. The Labute approximate surface area is 63.8 Å². The van der Waals surface area contributed by atoms with Gasteiger partial charge >= 0.3 is 0 Å². The van der Waals surface area contributed by atoms with E-state index < -0.39 is 0 Å². The summed E-state index contributed by atoms with van der Waals surface area (Å²) in [5.41, 5.74) is 1.86. The second-order valence-corrected chi connectivity index (χ2v) is 2.49. The van der Waals surface area contributed by atoms with Crippen LogP contribution < -0.4 is 0 Å². The fourth-order valence-electron chi connectivity index (χ4n) is 0.410. The zero-order valence-electron chi connectivity index (χ0n) is 6.51. The highest BCUT2D eigenvalue weighted by atomic mass is 28.2. The number of hydrogen-bond donors (Lipinski definition) is 0. The molecule has 0 saturated carbocycles. The van der Waals surface area contributed by atoms with Crippen molar-refractivity contribution in [2.24, 2.45) is 0 Å². The van der Waals surface area contributed by atoms with E-state index in [1.165, 1.54) is 0 Å². The normalized spacial score (nSPS) is 8.70. The summed E-state index contributed by atoms with van der Waals surface area (Å²) < 4.78 is 14.5. The van der Waals surface area contributed by atoms with Crippen molar-refractivity contribution in [3.05, 3.63) is 11.6 Å². The summed E-state index contributed by atoms with van der Waals surface area (Å²) in [5.74, 6) is 0.551. The van der Waals surface area contributed by atoms with Crippen molar-refractivity contribution in [1.29, 1.82) is 0 Å². The molecule has 10 heavy (non-hydrogen) atoms. The van der Waals surface area contributed by atoms with Crippen LogP contribution in [0.1, 0.15) is 0 Å². The second-order valence-electron chi connectivity index (χ2n) is 1.51. The second kappa shape index (κ2) is 6.63. The van der Waals surface area contributed by atoms with Crippen LogP contribution in [0.5, 0.6) is 0 Å². The summed E-state index contributed by atoms with van der Waals surface area (Å²) in [6.07, 6.45) is 0.718. The summed E-state index contributed by atoms with van der Waals surface area (Å²) in [4.78, 5) is 0. The first-order valence-electron chi connectivity index (χ1n) is 2.85. The monoisotopic (exact) mass is 160 g/mol. The summed E-state index contributed by atoms with van der Waals surface area (Å²) in [6, 6.07) is 0. The van der Waals surface area contributed by atoms with E-state index in [9.17, 15) is 0 Å². The molecule has 0 aromatic rings. The third-order valence-corrected chi connectivity index (χ3v) is 1.75. The van der Waals surface area contributed by atoms with Gasteiger partial charge < -0.3 is 14.2 Å². The third kappa shape index (κ3) is 4.40. The van der Waals surface area contributed by atoms with Crippen LogP contribution in [0.2, 0.25) is 0 Å². The van der Waals surface area contributed by atoms with Crippen molar-refractivity contribution in [3.63, 3.8) is 0 Å². The molecule has 0 saturated heterocycles. The van der Waals surface area contributed by atoms with Crippen LogP contribution in [0.15, 0.2) is 11.6 Å². The average Bonchev–Trinajstić information content (AvgIpc) is 1.99. The minimum atomic E-state index is 0.551. The highest BCUT2D eigenvalue weighted by Gasteiger charge is 1.91. The molecule has 3 nitrogen and oxygen atoms in total. The molecule has 0 N–H and O–H groups in total. The van der Waals surface area contributed by atoms with Crippen LogP contribution in [0, 0.1) is 0 Å². The van der Waals surface area contributed by atoms with E-state index in [0.29, 0.717) is 15.5 Å². The number of rotatable bonds is 5. The first-order chi connectivity index (χ1) is 4.85. The SMILES string of the molecule is COC[Si]C=C(OC)OC. The highest BCUT2D eigenvalue weighted by molar-refractivity contribution is 6.41. The molecular formula is C6H12O3Si. The molecule has 0 rings (SSSR count). The van der Waals surface area contributed by atoms with Crippen molar-refractivity contribution in [1.82, 2.24) is 0 Å². The van der Waals surface area contributed by atoms with Gasteiger partial charge in [0.05, 0.1) is 14.2 Å². The molecule has 0 amide bonds. The molecule has 0 atom stereocenters. The van der Waals surface area contributed by atoms with E-state index >= 15 is 0 Å². The molecule has 0 aromatic carbocycles. The standard InChI is InChI=1S/C6H12O3Si/c1-7-5-10-4-6(8-2)9-3/h4H,5H2,1-3H3.